The number of nitro groups is 1. The van der Waals surface area contributed by atoms with Crippen LogP contribution in [-0.2, 0) is 13.0 Å². The number of hydrogen-bond donors (Lipinski definition) is 1. The van der Waals surface area contributed by atoms with Gasteiger partial charge in [0.25, 0.3) is 0 Å². The molecular weight excluding hydrogens is 311 g/mol. The molecule has 5 nitrogen and oxygen atoms in total. The minimum atomic E-state index is -0.886. The maximum absolute atomic E-state index is 13.4. The predicted molar refractivity (Wildman–Crippen MR) is 88.1 cm³/mol. The first kappa shape index (κ1) is 16.5. The lowest BCUT2D eigenvalue weighted by molar-refractivity contribution is -0.387. The Hall–Kier alpha value is -2.31. The van der Waals surface area contributed by atoms with Gasteiger partial charge in [0.2, 0.25) is 5.82 Å². The average Bonchev–Trinajstić information content (AvgIpc) is 2.59. The molecule has 1 aliphatic rings. The number of aliphatic hydroxyl groups excluding tert-OH is 1. The molecule has 2 aromatic carbocycles. The smallest absolute Gasteiger partial charge is 0.305 e. The predicted octanol–water partition coefficient (Wildman–Crippen LogP) is 3.22. The van der Waals surface area contributed by atoms with Crippen molar-refractivity contribution in [2.45, 2.75) is 25.5 Å². The van der Waals surface area contributed by atoms with Gasteiger partial charge in [0.15, 0.2) is 0 Å². The molecule has 0 aliphatic carbocycles. The summed E-state index contributed by atoms with van der Waals surface area (Å²) in [4.78, 5) is 12.3. The van der Waals surface area contributed by atoms with Crippen molar-refractivity contribution in [1.82, 2.24) is 4.90 Å². The van der Waals surface area contributed by atoms with E-state index in [1.807, 2.05) is 12.1 Å². The maximum atomic E-state index is 13.4. The molecule has 1 aliphatic heterocycles. The van der Waals surface area contributed by atoms with Crippen LogP contribution in [0.15, 0.2) is 42.5 Å². The Morgan fingerprint density at radius 1 is 1.25 bits per heavy atom. The third kappa shape index (κ3) is 3.60. The van der Waals surface area contributed by atoms with Crippen LogP contribution in [0, 0.1) is 15.9 Å². The molecule has 0 fully saturated rings. The Morgan fingerprint density at radius 2 is 2.00 bits per heavy atom. The summed E-state index contributed by atoms with van der Waals surface area (Å²) in [5.41, 5.74) is 2.44. The highest BCUT2D eigenvalue weighted by molar-refractivity contribution is 5.37. The summed E-state index contributed by atoms with van der Waals surface area (Å²) in [5, 5.41) is 21.1. The lowest BCUT2D eigenvalue weighted by Gasteiger charge is -2.29. The second-order valence-electron chi connectivity index (χ2n) is 6.07. The minimum Gasteiger partial charge on any atom is -0.388 e. The van der Waals surface area contributed by atoms with E-state index in [1.165, 1.54) is 17.2 Å². The van der Waals surface area contributed by atoms with Gasteiger partial charge in [-0.05, 0) is 35.6 Å². The molecule has 24 heavy (non-hydrogen) atoms. The van der Waals surface area contributed by atoms with E-state index in [0.29, 0.717) is 18.5 Å². The third-order valence-electron chi connectivity index (χ3n) is 4.48. The Bertz CT molecular complexity index is 751. The molecule has 1 N–H and O–H groups in total. The number of nitro benzene ring substituents is 1. The van der Waals surface area contributed by atoms with Crippen LogP contribution in [0.1, 0.15) is 29.2 Å². The number of halogens is 1. The van der Waals surface area contributed by atoms with Gasteiger partial charge in [-0.3, -0.25) is 15.0 Å². The van der Waals surface area contributed by atoms with Crippen LogP contribution in [-0.4, -0.2) is 28.0 Å². The number of aliphatic hydroxyl groups is 1. The highest BCUT2D eigenvalue weighted by Crippen LogP contribution is 2.25. The third-order valence-corrected chi connectivity index (χ3v) is 4.48. The van der Waals surface area contributed by atoms with Gasteiger partial charge in [0, 0.05) is 25.7 Å². The lowest BCUT2D eigenvalue weighted by atomic mass is 9.99. The molecule has 0 amide bonds. The molecule has 1 unspecified atom stereocenters. The molecule has 126 valence electrons. The van der Waals surface area contributed by atoms with Crippen molar-refractivity contribution < 1.29 is 14.4 Å². The molecule has 6 heteroatoms. The van der Waals surface area contributed by atoms with Gasteiger partial charge in [0.05, 0.1) is 11.0 Å². The lowest BCUT2D eigenvalue weighted by Crippen LogP contribution is -2.32. The number of rotatable bonds is 5. The molecule has 1 heterocycles. The molecule has 1 atom stereocenters. The van der Waals surface area contributed by atoms with Gasteiger partial charge in [-0.2, -0.15) is 4.39 Å². The Labute approximate surface area is 139 Å². The molecular formula is C18H19FN2O3. The van der Waals surface area contributed by atoms with Crippen LogP contribution >= 0.6 is 0 Å². The first-order valence-electron chi connectivity index (χ1n) is 7.95. The fourth-order valence-electron chi connectivity index (χ4n) is 3.09. The fraction of sp³-hybridized carbons (Fsp3) is 0.333. The van der Waals surface area contributed by atoms with E-state index in [9.17, 15) is 19.6 Å². The van der Waals surface area contributed by atoms with Crippen LogP contribution in [0.2, 0.25) is 0 Å². The van der Waals surface area contributed by atoms with E-state index in [-0.39, 0.29) is 0 Å². The first-order valence-corrected chi connectivity index (χ1v) is 7.95. The molecule has 0 saturated carbocycles. The van der Waals surface area contributed by atoms with E-state index in [1.54, 1.807) is 0 Å². The van der Waals surface area contributed by atoms with Crippen molar-refractivity contribution in [1.29, 1.82) is 0 Å². The molecule has 0 spiro atoms. The molecule has 2 aromatic rings. The van der Waals surface area contributed by atoms with Crippen LogP contribution in [0.5, 0.6) is 0 Å². The zero-order valence-corrected chi connectivity index (χ0v) is 13.2. The fourth-order valence-corrected chi connectivity index (χ4v) is 3.09. The van der Waals surface area contributed by atoms with Gasteiger partial charge in [-0.1, -0.05) is 30.3 Å². The van der Waals surface area contributed by atoms with E-state index in [2.05, 4.69) is 17.0 Å². The van der Waals surface area contributed by atoms with Crippen LogP contribution < -0.4 is 0 Å². The SMILES string of the molecule is O=[N+]([O-])c1cc(C(O)CCN2CCc3ccccc3C2)ccc1F. The summed E-state index contributed by atoms with van der Waals surface area (Å²) in [7, 11) is 0. The van der Waals surface area contributed by atoms with Gasteiger partial charge in [0.1, 0.15) is 0 Å². The zero-order chi connectivity index (χ0) is 17.1. The van der Waals surface area contributed by atoms with Gasteiger partial charge in [-0.15, -0.1) is 0 Å². The van der Waals surface area contributed by atoms with Gasteiger partial charge >= 0.3 is 5.69 Å². The van der Waals surface area contributed by atoms with Crippen LogP contribution in [0.3, 0.4) is 0 Å². The van der Waals surface area contributed by atoms with Crippen molar-refractivity contribution in [3.63, 3.8) is 0 Å². The average molecular weight is 330 g/mol. The molecule has 3 rings (SSSR count). The highest BCUT2D eigenvalue weighted by Gasteiger charge is 2.20. The topological polar surface area (TPSA) is 66.6 Å². The van der Waals surface area contributed by atoms with E-state index in [0.717, 1.165) is 31.6 Å². The highest BCUT2D eigenvalue weighted by atomic mass is 19.1. The second-order valence-corrected chi connectivity index (χ2v) is 6.07. The van der Waals surface area contributed by atoms with Gasteiger partial charge < -0.3 is 5.11 Å². The van der Waals surface area contributed by atoms with Crippen LogP contribution in [0.4, 0.5) is 10.1 Å². The number of nitrogens with zero attached hydrogens (tertiary/aromatic N) is 2. The summed E-state index contributed by atoms with van der Waals surface area (Å²) in [6, 6.07) is 11.9. The van der Waals surface area contributed by atoms with Crippen molar-refractivity contribution in [2.24, 2.45) is 0 Å². The van der Waals surface area contributed by atoms with E-state index < -0.39 is 22.5 Å². The van der Waals surface area contributed by atoms with Crippen molar-refractivity contribution >= 4 is 5.69 Å². The largest absolute Gasteiger partial charge is 0.388 e. The summed E-state index contributed by atoms with van der Waals surface area (Å²) in [6.45, 7) is 2.44. The normalized spacial score (nSPS) is 15.8. The maximum Gasteiger partial charge on any atom is 0.305 e. The Balaban J connectivity index is 1.61. The Morgan fingerprint density at radius 3 is 2.75 bits per heavy atom. The summed E-state index contributed by atoms with van der Waals surface area (Å²) >= 11 is 0. The van der Waals surface area contributed by atoms with Crippen LogP contribution in [0.25, 0.3) is 0 Å². The monoisotopic (exact) mass is 330 g/mol. The first-order chi connectivity index (χ1) is 11.5. The number of benzene rings is 2. The molecule has 0 aromatic heterocycles. The molecule has 0 radical (unpaired) electrons. The van der Waals surface area contributed by atoms with E-state index >= 15 is 0 Å². The summed E-state index contributed by atoms with van der Waals surface area (Å²) in [5.74, 6) is -0.886. The second kappa shape index (κ2) is 7.07. The van der Waals surface area contributed by atoms with Crippen molar-refractivity contribution in [3.8, 4) is 0 Å². The summed E-state index contributed by atoms with van der Waals surface area (Å²) < 4.78 is 13.4. The standard InChI is InChI=1S/C18H19FN2O3/c19-16-6-5-14(11-17(16)21(23)24)18(22)8-10-20-9-7-13-3-1-2-4-15(13)12-20/h1-6,11,18,22H,7-10,12H2. The zero-order valence-electron chi connectivity index (χ0n) is 13.2. The number of fused-ring (bicyclic) bond motifs is 1. The minimum absolute atomic E-state index is 0.375. The van der Waals surface area contributed by atoms with Gasteiger partial charge in [-0.25, -0.2) is 0 Å². The molecule has 0 bridgehead atoms. The quantitative estimate of drug-likeness (QED) is 0.675. The van der Waals surface area contributed by atoms with Crippen molar-refractivity contribution in [2.75, 3.05) is 13.1 Å². The summed E-state index contributed by atoms with van der Waals surface area (Å²) in [6.07, 6.45) is 0.584. The van der Waals surface area contributed by atoms with Crippen molar-refractivity contribution in [3.05, 3.63) is 75.1 Å². The number of hydrogen-bond acceptors (Lipinski definition) is 4. The van der Waals surface area contributed by atoms with E-state index in [4.69, 9.17) is 0 Å². The molecule has 0 saturated heterocycles. The Kier molecular flexibility index (Phi) is 4.87.